The van der Waals surface area contributed by atoms with Gasteiger partial charge in [-0.05, 0) is 29.2 Å². The Morgan fingerprint density at radius 2 is 1.57 bits per heavy atom. The lowest BCUT2D eigenvalue weighted by molar-refractivity contribution is 0.0860. The van der Waals surface area contributed by atoms with Gasteiger partial charge in [-0.2, -0.15) is 0 Å². The van der Waals surface area contributed by atoms with Crippen molar-refractivity contribution < 1.29 is 9.53 Å². The number of aromatic nitrogens is 1. The lowest BCUT2D eigenvalue weighted by Gasteiger charge is -2.19. The van der Waals surface area contributed by atoms with Gasteiger partial charge in [-0.15, -0.1) is 0 Å². The average Bonchev–Trinajstić information content (AvgIpc) is 2.99. The summed E-state index contributed by atoms with van der Waals surface area (Å²) in [5.41, 5.74) is 2.89. The van der Waals surface area contributed by atoms with Crippen LogP contribution in [0.4, 0.5) is 0 Å². The van der Waals surface area contributed by atoms with Gasteiger partial charge in [-0.3, -0.25) is 4.79 Å². The summed E-state index contributed by atoms with van der Waals surface area (Å²) in [6.45, 7) is 13.8. The van der Waals surface area contributed by atoms with E-state index in [0.29, 0.717) is 13.2 Å². The van der Waals surface area contributed by atoms with Gasteiger partial charge < -0.3 is 9.30 Å². The monoisotopic (exact) mass is 377 g/mol. The molecule has 3 rings (SSSR count). The Labute approximate surface area is 168 Å². The standard InChI is InChI=1S/C25H31NO2/c1-24(2,3)18-11-13-19(14-12-18)28-16-15-26-17-21(23(27)25(4,5)6)20-9-7-8-10-22(20)26/h7-14,17H,15-16H2,1-6H3. The second kappa shape index (κ2) is 7.46. The number of Topliss-reactive ketones (excluding diaryl/α,β-unsaturated/α-hetero) is 1. The number of carbonyl (C=O) groups excluding carboxylic acids is 1. The molecule has 0 N–H and O–H groups in total. The van der Waals surface area contributed by atoms with Crippen LogP contribution in [0.15, 0.2) is 54.7 Å². The van der Waals surface area contributed by atoms with Gasteiger partial charge in [0.15, 0.2) is 5.78 Å². The van der Waals surface area contributed by atoms with Crippen LogP contribution >= 0.6 is 0 Å². The normalized spacial score (nSPS) is 12.4. The fraction of sp³-hybridized carbons (Fsp3) is 0.400. The third-order valence-electron chi connectivity index (χ3n) is 5.04. The van der Waals surface area contributed by atoms with E-state index < -0.39 is 5.41 Å². The second-order valence-electron chi connectivity index (χ2n) is 9.46. The molecule has 148 valence electrons. The molecule has 0 aliphatic heterocycles. The van der Waals surface area contributed by atoms with Gasteiger partial charge in [-0.1, -0.05) is 71.9 Å². The number of nitrogens with zero attached hydrogens (tertiary/aromatic N) is 1. The molecule has 3 aromatic rings. The van der Waals surface area contributed by atoms with Crippen molar-refractivity contribution in [1.82, 2.24) is 4.57 Å². The summed E-state index contributed by atoms with van der Waals surface area (Å²) in [6, 6.07) is 16.4. The lowest BCUT2D eigenvalue weighted by atomic mass is 9.86. The minimum Gasteiger partial charge on any atom is -0.492 e. The highest BCUT2D eigenvalue weighted by Crippen LogP contribution is 2.28. The predicted molar refractivity (Wildman–Crippen MR) is 116 cm³/mol. The first kappa shape index (κ1) is 20.2. The van der Waals surface area contributed by atoms with Crippen LogP contribution in [-0.4, -0.2) is 17.0 Å². The van der Waals surface area contributed by atoms with Crippen molar-refractivity contribution >= 4 is 16.7 Å². The van der Waals surface area contributed by atoms with Crippen molar-refractivity contribution in [2.75, 3.05) is 6.61 Å². The predicted octanol–water partition coefficient (Wildman–Crippen LogP) is 6.25. The largest absolute Gasteiger partial charge is 0.492 e. The van der Waals surface area contributed by atoms with Crippen molar-refractivity contribution in [2.24, 2.45) is 5.41 Å². The number of fused-ring (bicyclic) bond motifs is 1. The highest BCUT2D eigenvalue weighted by atomic mass is 16.5. The van der Waals surface area contributed by atoms with Gasteiger partial charge in [-0.25, -0.2) is 0 Å². The van der Waals surface area contributed by atoms with Crippen LogP contribution in [0.5, 0.6) is 5.75 Å². The molecule has 0 aliphatic rings. The molecular weight excluding hydrogens is 346 g/mol. The summed E-state index contributed by atoms with van der Waals surface area (Å²) in [4.78, 5) is 12.9. The molecule has 0 atom stereocenters. The van der Waals surface area contributed by atoms with Crippen molar-refractivity contribution in [3.63, 3.8) is 0 Å². The smallest absolute Gasteiger partial charge is 0.170 e. The summed E-state index contributed by atoms with van der Waals surface area (Å²) in [6.07, 6.45) is 1.98. The van der Waals surface area contributed by atoms with E-state index in [4.69, 9.17) is 4.74 Å². The molecular formula is C25H31NO2. The zero-order valence-corrected chi connectivity index (χ0v) is 17.9. The van der Waals surface area contributed by atoms with E-state index in [1.165, 1.54) is 5.56 Å². The topological polar surface area (TPSA) is 31.2 Å². The van der Waals surface area contributed by atoms with Crippen LogP contribution in [0.2, 0.25) is 0 Å². The van der Waals surface area contributed by atoms with Crippen molar-refractivity contribution in [2.45, 2.75) is 53.5 Å². The van der Waals surface area contributed by atoms with E-state index in [9.17, 15) is 4.79 Å². The number of hydrogen-bond donors (Lipinski definition) is 0. The Balaban J connectivity index is 1.75. The maximum atomic E-state index is 12.9. The number of rotatable bonds is 5. The molecule has 0 saturated carbocycles. The number of ether oxygens (including phenoxy) is 1. The van der Waals surface area contributed by atoms with E-state index in [2.05, 4.69) is 43.5 Å². The molecule has 0 radical (unpaired) electrons. The summed E-state index contributed by atoms with van der Waals surface area (Å²) in [5, 5.41) is 1.01. The Morgan fingerprint density at radius 3 is 2.18 bits per heavy atom. The van der Waals surface area contributed by atoms with Gasteiger partial charge in [0.2, 0.25) is 0 Å². The Hall–Kier alpha value is -2.55. The van der Waals surface area contributed by atoms with E-state index in [1.54, 1.807) is 0 Å². The van der Waals surface area contributed by atoms with Gasteiger partial charge >= 0.3 is 0 Å². The zero-order chi connectivity index (χ0) is 20.5. The second-order valence-corrected chi connectivity index (χ2v) is 9.46. The SMILES string of the molecule is CC(C)(C)C(=O)c1cn(CCOc2ccc(C(C)(C)C)cc2)c2ccccc12. The van der Waals surface area contributed by atoms with Crippen molar-refractivity contribution in [3.05, 3.63) is 65.9 Å². The number of carbonyl (C=O) groups is 1. The van der Waals surface area contributed by atoms with Crippen LogP contribution in [0.25, 0.3) is 10.9 Å². The third-order valence-corrected chi connectivity index (χ3v) is 5.04. The molecule has 2 aromatic carbocycles. The summed E-state index contributed by atoms with van der Waals surface area (Å²) < 4.78 is 8.08. The van der Waals surface area contributed by atoms with Gasteiger partial charge in [0.1, 0.15) is 12.4 Å². The maximum absolute atomic E-state index is 12.9. The molecule has 1 heterocycles. The Morgan fingerprint density at radius 1 is 0.929 bits per heavy atom. The first-order chi connectivity index (χ1) is 13.1. The lowest BCUT2D eigenvalue weighted by Crippen LogP contribution is -2.20. The van der Waals surface area contributed by atoms with Crippen LogP contribution in [-0.2, 0) is 12.0 Å². The highest BCUT2D eigenvalue weighted by Gasteiger charge is 2.26. The Bertz CT molecular complexity index is 966. The number of benzene rings is 2. The molecule has 28 heavy (non-hydrogen) atoms. The van der Waals surface area contributed by atoms with Crippen molar-refractivity contribution in [1.29, 1.82) is 0 Å². The number of para-hydroxylation sites is 1. The molecule has 1 aromatic heterocycles. The Kier molecular flexibility index (Phi) is 5.38. The van der Waals surface area contributed by atoms with Crippen LogP contribution < -0.4 is 4.74 Å². The molecule has 0 amide bonds. The summed E-state index contributed by atoms with van der Waals surface area (Å²) >= 11 is 0. The van der Waals surface area contributed by atoms with Crippen molar-refractivity contribution in [3.8, 4) is 5.75 Å². The van der Waals surface area contributed by atoms with Gasteiger partial charge in [0, 0.05) is 28.1 Å². The molecule has 0 saturated heterocycles. The third kappa shape index (κ3) is 4.30. The molecule has 0 aliphatic carbocycles. The molecule has 0 fully saturated rings. The first-order valence-corrected chi connectivity index (χ1v) is 9.93. The number of ketones is 1. The first-order valence-electron chi connectivity index (χ1n) is 9.93. The molecule has 3 heteroatoms. The van der Waals surface area contributed by atoms with Crippen LogP contribution in [0.3, 0.4) is 0 Å². The average molecular weight is 378 g/mol. The van der Waals surface area contributed by atoms with E-state index in [1.807, 2.05) is 57.3 Å². The maximum Gasteiger partial charge on any atom is 0.170 e. The van der Waals surface area contributed by atoms with E-state index >= 15 is 0 Å². The fourth-order valence-electron chi connectivity index (χ4n) is 3.33. The molecule has 0 spiro atoms. The minimum atomic E-state index is -0.403. The number of hydrogen-bond acceptors (Lipinski definition) is 2. The van der Waals surface area contributed by atoms with Gasteiger partial charge in [0.25, 0.3) is 0 Å². The summed E-state index contributed by atoms with van der Waals surface area (Å²) in [7, 11) is 0. The fourth-order valence-corrected chi connectivity index (χ4v) is 3.33. The minimum absolute atomic E-state index is 0.137. The van der Waals surface area contributed by atoms with Gasteiger partial charge in [0.05, 0.1) is 6.54 Å². The molecule has 0 bridgehead atoms. The van der Waals surface area contributed by atoms with E-state index in [0.717, 1.165) is 22.2 Å². The van der Waals surface area contributed by atoms with Crippen LogP contribution in [0, 0.1) is 5.41 Å². The molecule has 3 nitrogen and oxygen atoms in total. The van der Waals surface area contributed by atoms with Crippen LogP contribution in [0.1, 0.15) is 57.5 Å². The van der Waals surface area contributed by atoms with E-state index in [-0.39, 0.29) is 11.2 Å². The zero-order valence-electron chi connectivity index (χ0n) is 17.9. The quantitative estimate of drug-likeness (QED) is 0.492. The summed E-state index contributed by atoms with van der Waals surface area (Å²) in [5.74, 6) is 1.04. The molecule has 0 unspecified atom stereocenters. The highest BCUT2D eigenvalue weighted by molar-refractivity contribution is 6.10.